The largest absolute Gasteiger partial charge is 0.340 e. The van der Waals surface area contributed by atoms with Gasteiger partial charge >= 0.3 is 0 Å². The van der Waals surface area contributed by atoms with E-state index in [9.17, 15) is 0 Å². The van der Waals surface area contributed by atoms with Crippen molar-refractivity contribution in [1.29, 1.82) is 0 Å². The van der Waals surface area contributed by atoms with E-state index in [1.54, 1.807) is 6.08 Å². The molecule has 0 fully saturated rings. The highest BCUT2D eigenvalue weighted by molar-refractivity contribution is 5.85. The summed E-state index contributed by atoms with van der Waals surface area (Å²) in [6, 6.07) is 31.5. The highest BCUT2D eigenvalue weighted by Crippen LogP contribution is 2.42. The normalized spacial score (nSPS) is 14.3. The maximum absolute atomic E-state index is 4.57. The van der Waals surface area contributed by atoms with Crippen LogP contribution >= 0.6 is 0 Å². The van der Waals surface area contributed by atoms with Gasteiger partial charge in [-0.25, -0.2) is 4.98 Å². The number of anilines is 2. The van der Waals surface area contributed by atoms with E-state index in [1.807, 2.05) is 42.6 Å². The van der Waals surface area contributed by atoms with Crippen molar-refractivity contribution in [3.63, 3.8) is 0 Å². The summed E-state index contributed by atoms with van der Waals surface area (Å²) in [6.45, 7) is 13.1. The summed E-state index contributed by atoms with van der Waals surface area (Å²) in [4.78, 5) is 11.4. The number of hydrogen-bond donors (Lipinski definition) is 1. The van der Waals surface area contributed by atoms with Crippen LogP contribution in [-0.4, -0.2) is 11.7 Å². The van der Waals surface area contributed by atoms with Crippen LogP contribution in [-0.2, 0) is 6.54 Å². The summed E-state index contributed by atoms with van der Waals surface area (Å²) in [5, 5.41) is 3.47. The maximum Gasteiger partial charge on any atom is 0.130 e. The van der Waals surface area contributed by atoms with Gasteiger partial charge in [-0.2, -0.15) is 0 Å². The third-order valence-corrected chi connectivity index (χ3v) is 7.58. The first kappa shape index (κ1) is 26.7. The molecule has 42 heavy (non-hydrogen) atoms. The molecule has 2 aliphatic rings. The molecule has 1 aliphatic heterocycles. The van der Waals surface area contributed by atoms with Crippen LogP contribution in [0.25, 0.3) is 22.3 Å². The van der Waals surface area contributed by atoms with Gasteiger partial charge in [-0.05, 0) is 76.9 Å². The smallest absolute Gasteiger partial charge is 0.130 e. The predicted molar refractivity (Wildman–Crippen MR) is 177 cm³/mol. The lowest BCUT2D eigenvalue weighted by atomic mass is 9.92. The third kappa shape index (κ3) is 5.30. The van der Waals surface area contributed by atoms with E-state index in [-0.39, 0.29) is 0 Å². The van der Waals surface area contributed by atoms with Crippen molar-refractivity contribution < 1.29 is 0 Å². The number of benzene rings is 3. The lowest BCUT2D eigenvalue weighted by Gasteiger charge is -2.34. The van der Waals surface area contributed by atoms with Crippen LogP contribution in [0.3, 0.4) is 0 Å². The van der Waals surface area contributed by atoms with Crippen LogP contribution in [0.15, 0.2) is 174 Å². The lowest BCUT2D eigenvalue weighted by Crippen LogP contribution is -2.26. The fourth-order valence-corrected chi connectivity index (χ4v) is 5.53. The van der Waals surface area contributed by atoms with Crippen LogP contribution in [0.2, 0.25) is 0 Å². The molecule has 0 amide bonds. The zero-order chi connectivity index (χ0) is 28.9. The Morgan fingerprint density at radius 3 is 2.45 bits per heavy atom. The van der Waals surface area contributed by atoms with Crippen LogP contribution in [0, 0.1) is 0 Å². The van der Waals surface area contributed by atoms with Crippen molar-refractivity contribution in [2.24, 2.45) is 4.99 Å². The lowest BCUT2D eigenvalue weighted by molar-refractivity contribution is 0.899. The second kappa shape index (κ2) is 11.9. The maximum atomic E-state index is 4.57. The fraction of sp³-hybridized carbons (Fsp3) is 0.0526. The van der Waals surface area contributed by atoms with Gasteiger partial charge in [-0.3, -0.25) is 4.99 Å². The number of nitrogens with one attached hydrogen (secondary N) is 1. The molecule has 0 saturated heterocycles. The van der Waals surface area contributed by atoms with Crippen molar-refractivity contribution in [1.82, 2.24) is 4.98 Å². The number of aromatic nitrogens is 1. The summed E-state index contributed by atoms with van der Waals surface area (Å²) >= 11 is 0. The minimum Gasteiger partial charge on any atom is -0.340 e. The zero-order valence-electron chi connectivity index (χ0n) is 23.5. The average molecular weight is 545 g/mol. The molecule has 204 valence electrons. The molecule has 0 atom stereocenters. The second-order valence-corrected chi connectivity index (χ2v) is 10.1. The van der Waals surface area contributed by atoms with Crippen LogP contribution < -0.4 is 10.2 Å². The standard InChI is InChI=1S/C38H32N4/c1-4-13-34(41-38-25-30(22-23-40-38)28-14-6-5-7-15-28)27(2)29-17-12-21-37(35(24-29)39-3)42-26-31-16-8-9-18-32(31)33-19-10-11-20-36(33)42/h4-11,13-25H,1-3,12,26H2,(H,40,41)/b34-13+. The number of allylic oxidation sites excluding steroid dienone is 6. The Labute approximate surface area is 247 Å². The Balaban J connectivity index is 1.29. The molecule has 4 aromatic rings. The summed E-state index contributed by atoms with van der Waals surface area (Å²) < 4.78 is 0. The minimum atomic E-state index is 0.725. The van der Waals surface area contributed by atoms with E-state index in [1.165, 1.54) is 16.7 Å². The van der Waals surface area contributed by atoms with Gasteiger partial charge in [0, 0.05) is 29.7 Å². The Hall–Kier alpha value is -5.48. The van der Waals surface area contributed by atoms with Gasteiger partial charge in [0.15, 0.2) is 0 Å². The van der Waals surface area contributed by atoms with Crippen molar-refractivity contribution in [3.8, 4) is 22.3 Å². The molecule has 0 unspecified atom stereocenters. The van der Waals surface area contributed by atoms with Crippen LogP contribution in [0.1, 0.15) is 12.0 Å². The Kier molecular flexibility index (Phi) is 7.60. The quantitative estimate of drug-likeness (QED) is 0.177. The van der Waals surface area contributed by atoms with E-state index < -0.39 is 0 Å². The summed E-state index contributed by atoms with van der Waals surface area (Å²) in [5.74, 6) is 0.730. The molecule has 4 nitrogen and oxygen atoms in total. The second-order valence-electron chi connectivity index (χ2n) is 10.1. The van der Waals surface area contributed by atoms with Crippen molar-refractivity contribution >= 4 is 18.2 Å². The van der Waals surface area contributed by atoms with Gasteiger partial charge in [0.05, 0.1) is 11.4 Å². The molecule has 1 N–H and O–H groups in total. The molecule has 0 spiro atoms. The number of nitrogens with zero attached hydrogens (tertiary/aromatic N) is 3. The van der Waals surface area contributed by atoms with Gasteiger partial charge in [0.2, 0.25) is 0 Å². The van der Waals surface area contributed by atoms with Gasteiger partial charge in [0.25, 0.3) is 0 Å². The number of aliphatic imine (C=N–C) groups is 1. The molecular weight excluding hydrogens is 512 g/mol. The minimum absolute atomic E-state index is 0.725. The van der Waals surface area contributed by atoms with E-state index in [0.717, 1.165) is 63.8 Å². The molecule has 1 aliphatic carbocycles. The van der Waals surface area contributed by atoms with Gasteiger partial charge in [0.1, 0.15) is 5.82 Å². The first-order valence-electron chi connectivity index (χ1n) is 14.0. The summed E-state index contributed by atoms with van der Waals surface area (Å²) in [5.41, 5.74) is 11.6. The Morgan fingerprint density at radius 2 is 1.64 bits per heavy atom. The highest BCUT2D eigenvalue weighted by atomic mass is 15.2. The van der Waals surface area contributed by atoms with Gasteiger partial charge in [-0.1, -0.05) is 104 Å². The number of pyridine rings is 1. The fourth-order valence-electron chi connectivity index (χ4n) is 5.53. The average Bonchev–Trinajstić information content (AvgIpc) is 3.27. The number of rotatable bonds is 8. The molecule has 2 heterocycles. The molecule has 4 heteroatoms. The van der Waals surface area contributed by atoms with Gasteiger partial charge in [-0.15, -0.1) is 0 Å². The Morgan fingerprint density at radius 1 is 0.881 bits per heavy atom. The number of para-hydroxylation sites is 1. The van der Waals surface area contributed by atoms with Crippen molar-refractivity contribution in [3.05, 3.63) is 175 Å². The Bertz CT molecular complexity index is 1800. The van der Waals surface area contributed by atoms with Gasteiger partial charge < -0.3 is 10.2 Å². The van der Waals surface area contributed by atoms with Crippen LogP contribution in [0.5, 0.6) is 0 Å². The third-order valence-electron chi connectivity index (χ3n) is 7.58. The van der Waals surface area contributed by atoms with Crippen LogP contribution in [0.4, 0.5) is 11.5 Å². The monoisotopic (exact) mass is 544 g/mol. The van der Waals surface area contributed by atoms with Crippen molar-refractivity contribution in [2.75, 3.05) is 10.2 Å². The van der Waals surface area contributed by atoms with E-state index >= 15 is 0 Å². The number of fused-ring (bicyclic) bond motifs is 3. The van der Waals surface area contributed by atoms with E-state index in [2.05, 4.69) is 119 Å². The molecular formula is C38H32N4. The molecule has 0 bridgehead atoms. The van der Waals surface area contributed by atoms with E-state index in [0.29, 0.717) is 0 Å². The molecule has 3 aromatic carbocycles. The van der Waals surface area contributed by atoms with E-state index in [4.69, 9.17) is 0 Å². The predicted octanol–water partition coefficient (Wildman–Crippen LogP) is 9.27. The summed E-state index contributed by atoms with van der Waals surface area (Å²) in [6.07, 6.45) is 12.7. The number of hydrogen-bond acceptors (Lipinski definition) is 4. The highest BCUT2D eigenvalue weighted by Gasteiger charge is 2.26. The molecule has 6 rings (SSSR count). The molecule has 0 saturated carbocycles. The first-order chi connectivity index (χ1) is 20.7. The zero-order valence-corrected chi connectivity index (χ0v) is 23.5. The SMILES string of the molecule is C=C/C=C(/Nc1cc(-c2ccccc2)ccn1)C(=C)C1=CCC=C(N2Cc3ccccc3-c3ccccc32)C(N=C)=C1. The molecule has 1 aromatic heterocycles. The topological polar surface area (TPSA) is 40.5 Å². The van der Waals surface area contributed by atoms with Crippen molar-refractivity contribution in [2.45, 2.75) is 13.0 Å². The summed E-state index contributed by atoms with van der Waals surface area (Å²) in [7, 11) is 0. The molecule has 0 radical (unpaired) electrons. The first-order valence-corrected chi connectivity index (χ1v) is 14.0.